The van der Waals surface area contributed by atoms with E-state index in [1.165, 1.54) is 0 Å². The predicted molar refractivity (Wildman–Crippen MR) is 83.2 cm³/mol. The molecule has 0 atom stereocenters. The van der Waals surface area contributed by atoms with Crippen molar-refractivity contribution in [1.82, 2.24) is 10.0 Å². The van der Waals surface area contributed by atoms with Gasteiger partial charge in [0.15, 0.2) is 0 Å². The van der Waals surface area contributed by atoms with Crippen molar-refractivity contribution in [2.45, 2.75) is 45.6 Å². The normalized spacial score (nSPS) is 12.1. The lowest BCUT2D eigenvalue weighted by Crippen LogP contribution is -2.26. The minimum atomic E-state index is -3.41. The zero-order valence-electron chi connectivity index (χ0n) is 12.9. The molecule has 0 aliphatic carbocycles. The van der Waals surface area contributed by atoms with Gasteiger partial charge < -0.3 is 5.32 Å². The van der Waals surface area contributed by atoms with Crippen LogP contribution in [0.15, 0.2) is 23.1 Å². The second kappa shape index (κ2) is 7.76. The first-order chi connectivity index (χ1) is 9.36. The molecule has 20 heavy (non-hydrogen) atoms. The average Bonchev–Trinajstić information content (AvgIpc) is 2.36. The molecule has 114 valence electrons. The Bertz CT molecular complexity index is 525. The minimum absolute atomic E-state index is 0.386. The molecule has 0 fully saturated rings. The number of hydrogen-bond acceptors (Lipinski definition) is 3. The zero-order valence-corrected chi connectivity index (χ0v) is 13.7. The van der Waals surface area contributed by atoms with Gasteiger partial charge in [0.1, 0.15) is 0 Å². The lowest BCUT2D eigenvalue weighted by molar-refractivity contribution is 0.551. The summed E-state index contributed by atoms with van der Waals surface area (Å²) in [6, 6.07) is 5.59. The fourth-order valence-electron chi connectivity index (χ4n) is 1.87. The van der Waals surface area contributed by atoms with E-state index >= 15 is 0 Å². The van der Waals surface area contributed by atoms with E-state index in [2.05, 4.69) is 23.9 Å². The summed E-state index contributed by atoms with van der Waals surface area (Å²) in [6.07, 6.45) is 0.843. The Labute approximate surface area is 123 Å². The topological polar surface area (TPSA) is 58.2 Å². The summed E-state index contributed by atoms with van der Waals surface area (Å²) in [7, 11) is -3.41. The fraction of sp³-hybridized carbons (Fsp3) is 0.600. The quantitative estimate of drug-likeness (QED) is 0.775. The van der Waals surface area contributed by atoms with Crippen molar-refractivity contribution in [2.24, 2.45) is 5.92 Å². The minimum Gasteiger partial charge on any atom is -0.313 e. The first-order valence-electron chi connectivity index (χ1n) is 7.16. The van der Waals surface area contributed by atoms with Crippen LogP contribution in [0.3, 0.4) is 0 Å². The molecule has 0 aliphatic rings. The highest BCUT2D eigenvalue weighted by atomic mass is 32.2. The molecule has 0 heterocycles. The Morgan fingerprint density at radius 3 is 2.55 bits per heavy atom. The van der Waals surface area contributed by atoms with E-state index in [-0.39, 0.29) is 0 Å². The monoisotopic (exact) mass is 298 g/mol. The van der Waals surface area contributed by atoms with E-state index in [9.17, 15) is 8.42 Å². The molecule has 5 heteroatoms. The number of nitrogens with one attached hydrogen (secondary N) is 2. The highest BCUT2D eigenvalue weighted by molar-refractivity contribution is 7.89. The molecule has 0 unspecified atom stereocenters. The zero-order chi connectivity index (χ0) is 15.2. The molecule has 0 bridgehead atoms. The molecule has 1 rings (SSSR count). The molecule has 1 aromatic rings. The molecule has 4 nitrogen and oxygen atoms in total. The number of sulfonamides is 1. The summed E-state index contributed by atoms with van der Waals surface area (Å²) in [6.45, 7) is 10.0. The average molecular weight is 298 g/mol. The summed E-state index contributed by atoms with van der Waals surface area (Å²) in [5.41, 5.74) is 1.77. The fourth-order valence-corrected chi connectivity index (χ4v) is 3.21. The van der Waals surface area contributed by atoms with E-state index in [0.29, 0.717) is 23.9 Å². The third-order valence-electron chi connectivity index (χ3n) is 3.13. The van der Waals surface area contributed by atoms with Gasteiger partial charge in [-0.1, -0.05) is 32.9 Å². The van der Waals surface area contributed by atoms with Gasteiger partial charge in [0.25, 0.3) is 0 Å². The van der Waals surface area contributed by atoms with Gasteiger partial charge in [0.05, 0.1) is 4.90 Å². The van der Waals surface area contributed by atoms with Crippen molar-refractivity contribution >= 4 is 10.0 Å². The highest BCUT2D eigenvalue weighted by Gasteiger charge is 2.16. The van der Waals surface area contributed by atoms with Crippen LogP contribution in [0.1, 0.15) is 38.3 Å². The SMILES string of the molecule is CCNCc1ccc(C)c(S(=O)(=O)NCCC(C)C)c1. The highest BCUT2D eigenvalue weighted by Crippen LogP contribution is 2.17. The number of rotatable bonds is 8. The number of aryl methyl sites for hydroxylation is 1. The number of benzene rings is 1. The lowest BCUT2D eigenvalue weighted by Gasteiger charge is -2.12. The van der Waals surface area contributed by atoms with Crippen LogP contribution in [-0.4, -0.2) is 21.5 Å². The Balaban J connectivity index is 2.87. The van der Waals surface area contributed by atoms with E-state index in [1.807, 2.05) is 26.0 Å². The van der Waals surface area contributed by atoms with Gasteiger partial charge in [-0.15, -0.1) is 0 Å². The van der Waals surface area contributed by atoms with Crippen molar-refractivity contribution in [2.75, 3.05) is 13.1 Å². The smallest absolute Gasteiger partial charge is 0.240 e. The van der Waals surface area contributed by atoms with Gasteiger partial charge in [-0.05, 0) is 43.0 Å². The second-order valence-electron chi connectivity index (χ2n) is 5.46. The molecule has 0 aliphatic heterocycles. The molecular formula is C15H26N2O2S. The molecule has 0 spiro atoms. The summed E-state index contributed by atoms with van der Waals surface area (Å²) in [4.78, 5) is 0.386. The Hall–Kier alpha value is -0.910. The molecule has 1 aromatic carbocycles. The molecule has 2 N–H and O–H groups in total. The molecule has 0 radical (unpaired) electrons. The van der Waals surface area contributed by atoms with Crippen LogP contribution in [0.25, 0.3) is 0 Å². The van der Waals surface area contributed by atoms with E-state index < -0.39 is 10.0 Å². The third kappa shape index (κ3) is 5.23. The van der Waals surface area contributed by atoms with Gasteiger partial charge in [0.2, 0.25) is 10.0 Å². The summed E-state index contributed by atoms with van der Waals surface area (Å²) < 4.78 is 27.3. The van der Waals surface area contributed by atoms with Crippen LogP contribution in [-0.2, 0) is 16.6 Å². The Morgan fingerprint density at radius 2 is 1.95 bits per heavy atom. The maximum absolute atomic E-state index is 12.3. The first kappa shape index (κ1) is 17.1. The van der Waals surface area contributed by atoms with E-state index in [4.69, 9.17) is 0 Å². The van der Waals surface area contributed by atoms with Crippen molar-refractivity contribution < 1.29 is 8.42 Å². The van der Waals surface area contributed by atoms with Gasteiger partial charge >= 0.3 is 0 Å². The van der Waals surface area contributed by atoms with Gasteiger partial charge in [-0.25, -0.2) is 13.1 Å². The third-order valence-corrected chi connectivity index (χ3v) is 4.74. The summed E-state index contributed by atoms with van der Waals surface area (Å²) in [5.74, 6) is 0.485. The Morgan fingerprint density at radius 1 is 1.25 bits per heavy atom. The van der Waals surface area contributed by atoms with Crippen molar-refractivity contribution in [3.63, 3.8) is 0 Å². The van der Waals surface area contributed by atoms with Gasteiger partial charge in [-0.2, -0.15) is 0 Å². The summed E-state index contributed by atoms with van der Waals surface area (Å²) >= 11 is 0. The van der Waals surface area contributed by atoms with Crippen LogP contribution in [0.5, 0.6) is 0 Å². The Kier molecular flexibility index (Phi) is 6.65. The molecule has 0 saturated carbocycles. The second-order valence-corrected chi connectivity index (χ2v) is 7.20. The predicted octanol–water partition coefficient (Wildman–Crippen LogP) is 2.43. The lowest BCUT2D eigenvalue weighted by atomic mass is 10.1. The summed E-state index contributed by atoms with van der Waals surface area (Å²) in [5, 5.41) is 3.21. The van der Waals surface area contributed by atoms with Crippen LogP contribution in [0.2, 0.25) is 0 Å². The van der Waals surface area contributed by atoms with E-state index in [0.717, 1.165) is 24.1 Å². The largest absolute Gasteiger partial charge is 0.313 e. The van der Waals surface area contributed by atoms with Crippen molar-refractivity contribution in [1.29, 1.82) is 0 Å². The van der Waals surface area contributed by atoms with E-state index in [1.54, 1.807) is 6.07 Å². The van der Waals surface area contributed by atoms with Crippen LogP contribution in [0, 0.1) is 12.8 Å². The molecule has 0 saturated heterocycles. The maximum Gasteiger partial charge on any atom is 0.240 e. The van der Waals surface area contributed by atoms with Crippen LogP contribution < -0.4 is 10.0 Å². The van der Waals surface area contributed by atoms with Crippen molar-refractivity contribution in [3.05, 3.63) is 29.3 Å². The van der Waals surface area contributed by atoms with Crippen LogP contribution in [0.4, 0.5) is 0 Å². The standard InChI is InChI=1S/C15H26N2O2S/c1-5-16-11-14-7-6-13(4)15(10-14)20(18,19)17-9-8-12(2)3/h6-7,10,12,16-17H,5,8-9,11H2,1-4H3. The van der Waals surface area contributed by atoms with Gasteiger partial charge in [-0.3, -0.25) is 0 Å². The van der Waals surface area contributed by atoms with Gasteiger partial charge in [0, 0.05) is 13.1 Å². The van der Waals surface area contributed by atoms with Crippen LogP contribution >= 0.6 is 0 Å². The number of hydrogen-bond donors (Lipinski definition) is 2. The molecule has 0 aromatic heterocycles. The van der Waals surface area contributed by atoms with Crippen molar-refractivity contribution in [3.8, 4) is 0 Å². The molecular weight excluding hydrogens is 272 g/mol. The molecule has 0 amide bonds. The first-order valence-corrected chi connectivity index (χ1v) is 8.65. The maximum atomic E-state index is 12.3.